The van der Waals surface area contributed by atoms with Crippen LogP contribution in [0.4, 0.5) is 0 Å². The van der Waals surface area contributed by atoms with Gasteiger partial charge in [-0.3, -0.25) is 4.90 Å². The maximum atomic E-state index is 9.90. The van der Waals surface area contributed by atoms with Crippen molar-refractivity contribution in [2.45, 2.75) is 12.6 Å². The molecule has 0 aromatic heterocycles. The van der Waals surface area contributed by atoms with Crippen LogP contribution >= 0.6 is 23.2 Å². The Hall–Kier alpha value is -1.26. The minimum atomic E-state index is -0.0330. The number of aromatic hydroxyl groups is 1. The molecular formula is C17H17Cl2NO2. The molecule has 1 fully saturated rings. The highest BCUT2D eigenvalue weighted by atomic mass is 35.5. The first-order valence-corrected chi connectivity index (χ1v) is 7.95. The van der Waals surface area contributed by atoms with Crippen molar-refractivity contribution in [3.05, 3.63) is 63.6 Å². The molecule has 1 saturated heterocycles. The van der Waals surface area contributed by atoms with Crippen LogP contribution in [0.15, 0.2) is 42.5 Å². The van der Waals surface area contributed by atoms with Gasteiger partial charge in [0.1, 0.15) is 5.75 Å². The zero-order valence-electron chi connectivity index (χ0n) is 12.0. The van der Waals surface area contributed by atoms with Gasteiger partial charge in [-0.15, -0.1) is 0 Å². The zero-order valence-corrected chi connectivity index (χ0v) is 13.5. The number of para-hydroxylation sites is 1. The predicted molar refractivity (Wildman–Crippen MR) is 88.5 cm³/mol. The zero-order chi connectivity index (χ0) is 15.5. The topological polar surface area (TPSA) is 32.7 Å². The minimum absolute atomic E-state index is 0.0330. The van der Waals surface area contributed by atoms with E-state index in [0.29, 0.717) is 28.9 Å². The van der Waals surface area contributed by atoms with Gasteiger partial charge in [0.15, 0.2) is 0 Å². The van der Waals surface area contributed by atoms with Gasteiger partial charge in [-0.2, -0.15) is 0 Å². The summed E-state index contributed by atoms with van der Waals surface area (Å²) >= 11 is 12.0. The van der Waals surface area contributed by atoms with Crippen molar-refractivity contribution in [2.75, 3.05) is 19.7 Å². The molecule has 1 aliphatic heterocycles. The smallest absolute Gasteiger partial charge is 0.120 e. The van der Waals surface area contributed by atoms with Crippen LogP contribution in [0.5, 0.6) is 5.75 Å². The van der Waals surface area contributed by atoms with Gasteiger partial charge in [0, 0.05) is 25.2 Å². The van der Waals surface area contributed by atoms with E-state index < -0.39 is 0 Å². The van der Waals surface area contributed by atoms with Crippen LogP contribution in [0.1, 0.15) is 17.2 Å². The highest BCUT2D eigenvalue weighted by Gasteiger charge is 2.23. The van der Waals surface area contributed by atoms with Gasteiger partial charge in [0.05, 0.1) is 22.8 Å². The van der Waals surface area contributed by atoms with Crippen LogP contribution in [0.25, 0.3) is 0 Å². The molecular weight excluding hydrogens is 321 g/mol. The van der Waals surface area contributed by atoms with E-state index in [-0.39, 0.29) is 6.10 Å². The van der Waals surface area contributed by atoms with Gasteiger partial charge in [-0.1, -0.05) is 47.5 Å². The maximum absolute atomic E-state index is 9.90. The molecule has 2 aromatic rings. The fourth-order valence-electron chi connectivity index (χ4n) is 2.65. The second-order valence-electron chi connectivity index (χ2n) is 5.40. The number of rotatable bonds is 3. The number of morpholine rings is 1. The molecule has 0 unspecified atom stereocenters. The van der Waals surface area contributed by atoms with Gasteiger partial charge in [0.25, 0.3) is 0 Å². The van der Waals surface area contributed by atoms with Crippen LogP contribution in [0, 0.1) is 0 Å². The van der Waals surface area contributed by atoms with Gasteiger partial charge in [0.2, 0.25) is 0 Å². The van der Waals surface area contributed by atoms with E-state index in [0.717, 1.165) is 24.2 Å². The third kappa shape index (κ3) is 3.55. The molecule has 1 heterocycles. The third-order valence-corrected chi connectivity index (χ3v) is 4.59. The maximum Gasteiger partial charge on any atom is 0.120 e. The second kappa shape index (κ2) is 6.88. The summed E-state index contributed by atoms with van der Waals surface area (Å²) in [7, 11) is 0. The molecule has 5 heteroatoms. The summed E-state index contributed by atoms with van der Waals surface area (Å²) < 4.78 is 5.85. The summed E-state index contributed by atoms with van der Waals surface area (Å²) in [5, 5.41) is 11.0. The van der Waals surface area contributed by atoms with Crippen molar-refractivity contribution in [3.63, 3.8) is 0 Å². The summed E-state index contributed by atoms with van der Waals surface area (Å²) in [5.74, 6) is 0.333. The summed E-state index contributed by atoms with van der Waals surface area (Å²) in [6.07, 6.45) is -0.0330. The monoisotopic (exact) mass is 337 g/mol. The van der Waals surface area contributed by atoms with Crippen LogP contribution < -0.4 is 0 Å². The Kier molecular flexibility index (Phi) is 4.89. The van der Waals surface area contributed by atoms with E-state index in [9.17, 15) is 5.11 Å². The van der Waals surface area contributed by atoms with Gasteiger partial charge >= 0.3 is 0 Å². The van der Waals surface area contributed by atoms with Crippen molar-refractivity contribution in [2.24, 2.45) is 0 Å². The molecule has 3 rings (SSSR count). The van der Waals surface area contributed by atoms with Crippen LogP contribution in [0.3, 0.4) is 0 Å². The Balaban J connectivity index is 1.71. The van der Waals surface area contributed by atoms with Crippen LogP contribution in [-0.4, -0.2) is 29.7 Å². The second-order valence-corrected chi connectivity index (χ2v) is 6.21. The first-order valence-electron chi connectivity index (χ1n) is 7.19. The Morgan fingerprint density at radius 1 is 1.14 bits per heavy atom. The van der Waals surface area contributed by atoms with Crippen molar-refractivity contribution in [1.82, 2.24) is 4.90 Å². The largest absolute Gasteiger partial charge is 0.508 e. The summed E-state index contributed by atoms with van der Waals surface area (Å²) in [4.78, 5) is 2.27. The first-order chi connectivity index (χ1) is 10.6. The lowest BCUT2D eigenvalue weighted by atomic mass is 10.1. The SMILES string of the molecule is Oc1ccccc1CN1CCO[C@H](c2ccc(Cl)c(Cl)c2)C1. The third-order valence-electron chi connectivity index (χ3n) is 3.85. The standard InChI is InChI=1S/C17H17Cl2NO2/c18-14-6-5-12(9-15(14)19)17-11-20(7-8-22-17)10-13-3-1-2-4-16(13)21/h1-6,9,17,21H,7-8,10-11H2/t17-/m0/s1. The molecule has 0 saturated carbocycles. The molecule has 0 aliphatic carbocycles. The Morgan fingerprint density at radius 2 is 1.95 bits per heavy atom. The van der Waals surface area contributed by atoms with Crippen LogP contribution in [0.2, 0.25) is 10.0 Å². The molecule has 1 N–H and O–H groups in total. The van der Waals surface area contributed by atoms with Crippen molar-refractivity contribution in [3.8, 4) is 5.75 Å². The molecule has 2 aromatic carbocycles. The molecule has 0 radical (unpaired) electrons. The fourth-order valence-corrected chi connectivity index (χ4v) is 2.95. The highest BCUT2D eigenvalue weighted by Crippen LogP contribution is 2.30. The van der Waals surface area contributed by atoms with E-state index in [2.05, 4.69) is 4.90 Å². The lowest BCUT2D eigenvalue weighted by molar-refractivity contribution is -0.0331. The molecule has 3 nitrogen and oxygen atoms in total. The molecule has 0 spiro atoms. The number of ether oxygens (including phenoxy) is 1. The normalized spacial score (nSPS) is 19.3. The van der Waals surface area contributed by atoms with Crippen LogP contribution in [-0.2, 0) is 11.3 Å². The average Bonchev–Trinajstić information content (AvgIpc) is 2.53. The number of hydrogen-bond donors (Lipinski definition) is 1. The van der Waals surface area contributed by atoms with Gasteiger partial charge < -0.3 is 9.84 Å². The number of halogens is 2. The lowest BCUT2D eigenvalue weighted by Gasteiger charge is -2.33. The summed E-state index contributed by atoms with van der Waals surface area (Å²) in [6, 6.07) is 13.0. The minimum Gasteiger partial charge on any atom is -0.508 e. The Morgan fingerprint density at radius 3 is 2.73 bits per heavy atom. The van der Waals surface area contributed by atoms with Gasteiger partial charge in [-0.05, 0) is 23.8 Å². The molecule has 1 aliphatic rings. The first kappa shape index (κ1) is 15.6. The number of nitrogens with zero attached hydrogens (tertiary/aromatic N) is 1. The van der Waals surface area contributed by atoms with E-state index in [1.807, 2.05) is 30.3 Å². The van der Waals surface area contributed by atoms with E-state index in [4.69, 9.17) is 27.9 Å². The molecule has 116 valence electrons. The summed E-state index contributed by atoms with van der Waals surface area (Å²) in [5.41, 5.74) is 1.95. The van der Waals surface area contributed by atoms with E-state index >= 15 is 0 Å². The van der Waals surface area contributed by atoms with E-state index in [1.165, 1.54) is 0 Å². The Bertz CT molecular complexity index is 663. The number of phenolic OH excluding ortho intramolecular Hbond substituents is 1. The quantitative estimate of drug-likeness (QED) is 0.907. The average molecular weight is 338 g/mol. The molecule has 22 heavy (non-hydrogen) atoms. The summed E-state index contributed by atoms with van der Waals surface area (Å²) in [6.45, 7) is 2.95. The number of benzene rings is 2. The Labute approximate surface area is 140 Å². The number of phenols is 1. The van der Waals surface area contributed by atoms with Gasteiger partial charge in [-0.25, -0.2) is 0 Å². The van der Waals surface area contributed by atoms with Crippen molar-refractivity contribution >= 4 is 23.2 Å². The number of hydrogen-bond acceptors (Lipinski definition) is 3. The predicted octanol–water partition coefficient (Wildman–Crippen LogP) is 4.27. The van der Waals surface area contributed by atoms with Crippen molar-refractivity contribution in [1.29, 1.82) is 0 Å². The lowest BCUT2D eigenvalue weighted by Crippen LogP contribution is -2.37. The molecule has 1 atom stereocenters. The van der Waals surface area contributed by atoms with E-state index in [1.54, 1.807) is 12.1 Å². The molecule has 0 amide bonds. The molecule has 0 bridgehead atoms. The fraction of sp³-hybridized carbons (Fsp3) is 0.294. The van der Waals surface area contributed by atoms with Crippen molar-refractivity contribution < 1.29 is 9.84 Å². The highest BCUT2D eigenvalue weighted by molar-refractivity contribution is 6.42.